The maximum atomic E-state index is 12.4. The molecule has 1 fully saturated rings. The molecule has 3 rings (SSSR count). The molecule has 148 valence electrons. The van der Waals surface area contributed by atoms with Gasteiger partial charge in [0.15, 0.2) is 0 Å². The van der Waals surface area contributed by atoms with Crippen molar-refractivity contribution in [3.63, 3.8) is 0 Å². The molecule has 1 saturated heterocycles. The van der Waals surface area contributed by atoms with Gasteiger partial charge in [0.05, 0.1) is 17.3 Å². The van der Waals surface area contributed by atoms with E-state index in [9.17, 15) is 4.79 Å². The van der Waals surface area contributed by atoms with Crippen LogP contribution in [0, 0.1) is 6.92 Å². The highest BCUT2D eigenvalue weighted by molar-refractivity contribution is 6.31. The standard InChI is InChI=1S/C15H20ClN3O2.C2H2O4/c1-10-13(16)8-12-14(17-10)21-11(9-18(2)15(12)20)4-7-19-5-3-6-19;3-1(4)2(5)6/h8,11H,3-7,9H2,1-2H3;(H,3,4)(H,5,6). The fraction of sp³-hybridized carbons (Fsp3) is 0.529. The Hall–Kier alpha value is -2.39. The summed E-state index contributed by atoms with van der Waals surface area (Å²) in [6.45, 7) is 5.75. The van der Waals surface area contributed by atoms with Crippen molar-refractivity contribution in [3.8, 4) is 5.88 Å². The molecule has 0 saturated carbocycles. The molecule has 0 spiro atoms. The third-order valence-corrected chi connectivity index (χ3v) is 4.73. The summed E-state index contributed by atoms with van der Waals surface area (Å²) in [4.78, 5) is 39.0. The fourth-order valence-corrected chi connectivity index (χ4v) is 2.82. The Morgan fingerprint density at radius 3 is 2.48 bits per heavy atom. The number of ether oxygens (including phenoxy) is 1. The Labute approximate surface area is 161 Å². The van der Waals surface area contributed by atoms with Crippen molar-refractivity contribution >= 4 is 29.4 Å². The van der Waals surface area contributed by atoms with Crippen LogP contribution in [0.15, 0.2) is 6.07 Å². The number of amides is 1. The maximum Gasteiger partial charge on any atom is 0.414 e. The lowest BCUT2D eigenvalue weighted by Gasteiger charge is -2.32. The predicted octanol–water partition coefficient (Wildman–Crippen LogP) is 1.13. The van der Waals surface area contributed by atoms with Crippen LogP contribution in [0.3, 0.4) is 0 Å². The minimum Gasteiger partial charge on any atom is -0.473 e. The Bertz CT molecular complexity index is 726. The molecule has 1 unspecified atom stereocenters. The number of aliphatic carboxylic acids is 2. The monoisotopic (exact) mass is 399 g/mol. The van der Waals surface area contributed by atoms with Gasteiger partial charge in [0, 0.05) is 13.6 Å². The van der Waals surface area contributed by atoms with Gasteiger partial charge in [-0.05, 0) is 38.9 Å². The van der Waals surface area contributed by atoms with Crippen molar-refractivity contribution in [2.24, 2.45) is 0 Å². The number of halogens is 1. The van der Waals surface area contributed by atoms with Gasteiger partial charge in [-0.2, -0.15) is 0 Å². The highest BCUT2D eigenvalue weighted by Gasteiger charge is 2.29. The number of likely N-dealkylation sites (N-methyl/N-ethyl adjacent to an activating group) is 1. The highest BCUT2D eigenvalue weighted by Crippen LogP contribution is 2.28. The van der Waals surface area contributed by atoms with Crippen molar-refractivity contribution in [1.29, 1.82) is 0 Å². The van der Waals surface area contributed by atoms with Crippen LogP contribution in [0.1, 0.15) is 28.9 Å². The van der Waals surface area contributed by atoms with Gasteiger partial charge in [0.25, 0.3) is 5.91 Å². The van der Waals surface area contributed by atoms with E-state index < -0.39 is 11.9 Å². The van der Waals surface area contributed by atoms with E-state index in [2.05, 4.69) is 9.88 Å². The molecule has 1 aromatic heterocycles. The molecule has 2 aliphatic rings. The first kappa shape index (κ1) is 20.9. The van der Waals surface area contributed by atoms with E-state index in [1.165, 1.54) is 19.5 Å². The van der Waals surface area contributed by atoms with Crippen molar-refractivity contribution in [2.45, 2.75) is 25.9 Å². The molecule has 27 heavy (non-hydrogen) atoms. The summed E-state index contributed by atoms with van der Waals surface area (Å²) < 4.78 is 5.99. The summed E-state index contributed by atoms with van der Waals surface area (Å²) in [7, 11) is 1.80. The number of aryl methyl sites for hydroxylation is 1. The maximum absolute atomic E-state index is 12.4. The quantitative estimate of drug-likeness (QED) is 0.725. The van der Waals surface area contributed by atoms with Gasteiger partial charge in [-0.15, -0.1) is 0 Å². The number of hydrogen-bond acceptors (Lipinski definition) is 6. The summed E-state index contributed by atoms with van der Waals surface area (Å²) in [5, 5.41) is 15.3. The van der Waals surface area contributed by atoms with E-state index in [1.807, 2.05) is 6.92 Å². The zero-order valence-corrected chi connectivity index (χ0v) is 15.9. The molecule has 0 radical (unpaired) electrons. The number of rotatable bonds is 3. The summed E-state index contributed by atoms with van der Waals surface area (Å²) in [5.41, 5.74) is 1.15. The van der Waals surface area contributed by atoms with Gasteiger partial charge in [-0.3, -0.25) is 4.79 Å². The number of hydrogen-bond donors (Lipinski definition) is 2. The molecule has 0 aliphatic carbocycles. The van der Waals surface area contributed by atoms with Crippen LogP contribution in [0.25, 0.3) is 0 Å². The number of carboxylic acid groups (broad SMARTS) is 2. The molecular weight excluding hydrogens is 378 g/mol. The second-order valence-electron chi connectivity index (χ2n) is 6.43. The lowest BCUT2D eigenvalue weighted by molar-refractivity contribution is -0.159. The molecule has 1 atom stereocenters. The molecular formula is C17H22ClN3O6. The second-order valence-corrected chi connectivity index (χ2v) is 6.84. The smallest absolute Gasteiger partial charge is 0.414 e. The van der Waals surface area contributed by atoms with E-state index in [-0.39, 0.29) is 12.0 Å². The van der Waals surface area contributed by atoms with Crippen molar-refractivity contribution in [1.82, 2.24) is 14.8 Å². The topological polar surface area (TPSA) is 120 Å². The van der Waals surface area contributed by atoms with Crippen LogP contribution in [0.5, 0.6) is 5.88 Å². The second kappa shape index (κ2) is 9.01. The van der Waals surface area contributed by atoms with Crippen LogP contribution < -0.4 is 4.74 Å². The number of fused-ring (bicyclic) bond motifs is 1. The molecule has 10 heteroatoms. The van der Waals surface area contributed by atoms with E-state index >= 15 is 0 Å². The summed E-state index contributed by atoms with van der Waals surface area (Å²) in [5.74, 6) is -3.31. The summed E-state index contributed by atoms with van der Waals surface area (Å²) in [6, 6.07) is 1.66. The molecule has 1 amide bonds. The molecule has 2 N–H and O–H groups in total. The number of carboxylic acids is 2. The first-order valence-corrected chi connectivity index (χ1v) is 8.84. The van der Waals surface area contributed by atoms with Gasteiger partial charge < -0.3 is 24.7 Å². The van der Waals surface area contributed by atoms with E-state index in [0.29, 0.717) is 28.7 Å². The summed E-state index contributed by atoms with van der Waals surface area (Å²) >= 11 is 6.08. The van der Waals surface area contributed by atoms with E-state index in [0.717, 1.165) is 13.0 Å². The first-order chi connectivity index (χ1) is 12.7. The lowest BCUT2D eigenvalue weighted by Crippen LogP contribution is -2.41. The lowest BCUT2D eigenvalue weighted by atomic mass is 10.1. The minimum atomic E-state index is -1.82. The third kappa shape index (κ3) is 5.54. The zero-order valence-electron chi connectivity index (χ0n) is 15.1. The molecule has 1 aromatic rings. The number of likely N-dealkylation sites (tertiary alicyclic amines) is 1. The Balaban J connectivity index is 0.000000380. The molecule has 0 aromatic carbocycles. The third-order valence-electron chi connectivity index (χ3n) is 4.35. The highest BCUT2D eigenvalue weighted by atomic mass is 35.5. The Morgan fingerprint density at radius 1 is 1.33 bits per heavy atom. The molecule has 3 heterocycles. The van der Waals surface area contributed by atoms with Crippen molar-refractivity contribution in [2.75, 3.05) is 33.2 Å². The van der Waals surface area contributed by atoms with E-state index in [4.69, 9.17) is 36.1 Å². The van der Waals surface area contributed by atoms with Crippen LogP contribution in [0.2, 0.25) is 5.02 Å². The van der Waals surface area contributed by atoms with Gasteiger partial charge in [-0.25, -0.2) is 14.6 Å². The van der Waals surface area contributed by atoms with Crippen LogP contribution in [-0.2, 0) is 9.59 Å². The number of nitrogens with zero attached hydrogens (tertiary/aromatic N) is 3. The normalized spacial score (nSPS) is 19.0. The summed E-state index contributed by atoms with van der Waals surface area (Å²) in [6.07, 6.45) is 2.17. The van der Waals surface area contributed by atoms with Gasteiger partial charge in [0.1, 0.15) is 11.7 Å². The van der Waals surface area contributed by atoms with Gasteiger partial charge in [0.2, 0.25) is 5.88 Å². The minimum absolute atomic E-state index is 0.0196. The zero-order chi connectivity index (χ0) is 20.1. The largest absolute Gasteiger partial charge is 0.473 e. The van der Waals surface area contributed by atoms with E-state index in [1.54, 1.807) is 18.0 Å². The van der Waals surface area contributed by atoms with Crippen LogP contribution in [0.4, 0.5) is 0 Å². The first-order valence-electron chi connectivity index (χ1n) is 8.47. The van der Waals surface area contributed by atoms with Gasteiger partial charge >= 0.3 is 11.9 Å². The average Bonchev–Trinajstić information content (AvgIpc) is 2.65. The predicted molar refractivity (Wildman–Crippen MR) is 96.3 cm³/mol. The van der Waals surface area contributed by atoms with Crippen molar-refractivity contribution in [3.05, 3.63) is 22.3 Å². The molecule has 9 nitrogen and oxygen atoms in total. The number of pyridine rings is 1. The fourth-order valence-electron chi connectivity index (χ4n) is 2.67. The van der Waals surface area contributed by atoms with Gasteiger partial charge in [-0.1, -0.05) is 11.6 Å². The number of carbonyl (C=O) groups is 3. The molecule has 0 bridgehead atoms. The van der Waals surface area contributed by atoms with Crippen LogP contribution >= 0.6 is 11.6 Å². The van der Waals surface area contributed by atoms with Crippen LogP contribution in [-0.4, -0.2) is 82.2 Å². The van der Waals surface area contributed by atoms with Crippen molar-refractivity contribution < 1.29 is 29.3 Å². The average molecular weight is 400 g/mol. The molecule has 2 aliphatic heterocycles. The Morgan fingerprint density at radius 2 is 1.96 bits per heavy atom. The number of aromatic nitrogens is 1. The number of carbonyl (C=O) groups excluding carboxylic acids is 1. The Kier molecular flexibility index (Phi) is 6.98. The SMILES string of the molecule is Cc1nc2c(cc1Cl)C(=O)N(C)CC(CCN1CCC1)O2.O=C(O)C(=O)O.